The zero-order valence-corrected chi connectivity index (χ0v) is 12.8. The first-order chi connectivity index (χ1) is 9.33. The van der Waals surface area contributed by atoms with E-state index < -0.39 is 0 Å². The van der Waals surface area contributed by atoms with Crippen molar-refractivity contribution < 1.29 is 4.74 Å². The molecular weight excluding hydrogens is 254 g/mol. The average Bonchev–Trinajstić information content (AvgIpc) is 2.47. The molecule has 1 aromatic carbocycles. The summed E-state index contributed by atoms with van der Waals surface area (Å²) in [5.74, 6) is 0.939. The van der Waals surface area contributed by atoms with Crippen molar-refractivity contribution in [3.05, 3.63) is 24.3 Å². The fourth-order valence-electron chi connectivity index (χ4n) is 2.63. The number of nitrogens with one attached hydrogen (secondary N) is 1. The third-order valence-electron chi connectivity index (χ3n) is 3.71. The Bertz CT molecular complexity index is 366. The molecule has 2 rings (SSSR count). The standard InChI is InChI=1S/C16H25NOS/c1-3-12-17-15-6-4-5-7-16(15)19-14-10-8-13(18-2)9-11-14/h8-11,15-17H,3-7,12H2,1-2H3. The molecule has 3 heteroatoms. The van der Waals surface area contributed by atoms with E-state index in [4.69, 9.17) is 4.74 Å². The van der Waals surface area contributed by atoms with Gasteiger partial charge in [-0.25, -0.2) is 0 Å². The van der Waals surface area contributed by atoms with E-state index in [0.717, 1.165) is 12.3 Å². The summed E-state index contributed by atoms with van der Waals surface area (Å²) in [4.78, 5) is 1.36. The Morgan fingerprint density at radius 3 is 2.63 bits per heavy atom. The summed E-state index contributed by atoms with van der Waals surface area (Å²) in [5.41, 5.74) is 0. The zero-order chi connectivity index (χ0) is 13.5. The third-order valence-corrected chi connectivity index (χ3v) is 5.12. The van der Waals surface area contributed by atoms with Crippen LogP contribution in [0.5, 0.6) is 5.75 Å². The van der Waals surface area contributed by atoms with Gasteiger partial charge in [0.2, 0.25) is 0 Å². The Balaban J connectivity index is 1.93. The normalized spacial score (nSPS) is 23.3. The van der Waals surface area contributed by atoms with Gasteiger partial charge in [0.1, 0.15) is 5.75 Å². The molecule has 2 unspecified atom stereocenters. The van der Waals surface area contributed by atoms with Crippen LogP contribution < -0.4 is 10.1 Å². The van der Waals surface area contributed by atoms with Crippen molar-refractivity contribution in [2.24, 2.45) is 0 Å². The highest BCUT2D eigenvalue weighted by Gasteiger charge is 2.25. The molecule has 0 aliphatic heterocycles. The van der Waals surface area contributed by atoms with E-state index in [9.17, 15) is 0 Å². The van der Waals surface area contributed by atoms with Gasteiger partial charge in [-0.15, -0.1) is 11.8 Å². The number of methoxy groups -OCH3 is 1. The maximum atomic E-state index is 5.21. The molecule has 1 fully saturated rings. The number of hydrogen-bond acceptors (Lipinski definition) is 3. The second kappa shape index (κ2) is 7.81. The van der Waals surface area contributed by atoms with Crippen LogP contribution in [-0.2, 0) is 0 Å². The van der Waals surface area contributed by atoms with Gasteiger partial charge in [0.25, 0.3) is 0 Å². The van der Waals surface area contributed by atoms with Crippen LogP contribution in [0.1, 0.15) is 39.0 Å². The Kier molecular flexibility index (Phi) is 6.05. The molecule has 1 aliphatic rings. The highest BCUT2D eigenvalue weighted by molar-refractivity contribution is 8.00. The zero-order valence-electron chi connectivity index (χ0n) is 12.0. The van der Waals surface area contributed by atoms with Gasteiger partial charge in [-0.05, 0) is 50.1 Å². The van der Waals surface area contributed by atoms with Crippen LogP contribution in [0, 0.1) is 0 Å². The molecule has 1 N–H and O–H groups in total. The molecule has 19 heavy (non-hydrogen) atoms. The largest absolute Gasteiger partial charge is 0.497 e. The van der Waals surface area contributed by atoms with Crippen molar-refractivity contribution in [3.63, 3.8) is 0 Å². The maximum absolute atomic E-state index is 5.21. The molecule has 0 spiro atoms. The average molecular weight is 279 g/mol. The van der Waals surface area contributed by atoms with Crippen LogP contribution in [-0.4, -0.2) is 24.9 Å². The molecule has 0 saturated heterocycles. The summed E-state index contributed by atoms with van der Waals surface area (Å²) < 4.78 is 5.21. The van der Waals surface area contributed by atoms with Crippen molar-refractivity contribution in [2.45, 2.75) is 55.2 Å². The summed E-state index contributed by atoms with van der Waals surface area (Å²) in [5, 5.41) is 4.44. The fourth-order valence-corrected chi connectivity index (χ4v) is 3.95. The van der Waals surface area contributed by atoms with Gasteiger partial charge in [-0.2, -0.15) is 0 Å². The first-order valence-electron chi connectivity index (χ1n) is 7.37. The summed E-state index contributed by atoms with van der Waals surface area (Å²) in [6.45, 7) is 3.38. The van der Waals surface area contributed by atoms with Crippen LogP contribution >= 0.6 is 11.8 Å². The lowest BCUT2D eigenvalue weighted by Gasteiger charge is -2.32. The smallest absolute Gasteiger partial charge is 0.118 e. The van der Waals surface area contributed by atoms with E-state index in [1.165, 1.54) is 37.0 Å². The lowest BCUT2D eigenvalue weighted by molar-refractivity contribution is 0.384. The van der Waals surface area contributed by atoms with E-state index in [0.29, 0.717) is 11.3 Å². The summed E-state index contributed by atoms with van der Waals surface area (Å²) in [6, 6.07) is 9.14. The van der Waals surface area contributed by atoms with E-state index in [-0.39, 0.29) is 0 Å². The molecule has 1 saturated carbocycles. The summed E-state index contributed by atoms with van der Waals surface area (Å²) in [7, 11) is 1.72. The first kappa shape index (κ1) is 14.7. The van der Waals surface area contributed by atoms with Crippen molar-refractivity contribution in [1.82, 2.24) is 5.32 Å². The Labute approximate surface area is 121 Å². The Hall–Kier alpha value is -0.670. The lowest BCUT2D eigenvalue weighted by Crippen LogP contribution is -2.40. The van der Waals surface area contributed by atoms with Crippen molar-refractivity contribution in [1.29, 1.82) is 0 Å². The third kappa shape index (κ3) is 4.43. The van der Waals surface area contributed by atoms with Gasteiger partial charge < -0.3 is 10.1 Å². The predicted octanol–water partition coefficient (Wildman–Crippen LogP) is 4.10. The monoisotopic (exact) mass is 279 g/mol. The molecule has 1 aliphatic carbocycles. The SMILES string of the molecule is CCCNC1CCCCC1Sc1ccc(OC)cc1. The number of hydrogen-bond donors (Lipinski definition) is 1. The second-order valence-electron chi connectivity index (χ2n) is 5.18. The van der Waals surface area contributed by atoms with E-state index in [1.54, 1.807) is 7.11 Å². The topological polar surface area (TPSA) is 21.3 Å². The van der Waals surface area contributed by atoms with Gasteiger partial charge in [0, 0.05) is 16.2 Å². The van der Waals surface area contributed by atoms with Gasteiger partial charge >= 0.3 is 0 Å². The predicted molar refractivity (Wildman–Crippen MR) is 83.2 cm³/mol. The molecular formula is C16H25NOS. The lowest BCUT2D eigenvalue weighted by atomic mass is 9.95. The van der Waals surface area contributed by atoms with Gasteiger partial charge in [-0.1, -0.05) is 19.8 Å². The van der Waals surface area contributed by atoms with Crippen molar-refractivity contribution in [2.75, 3.05) is 13.7 Å². The summed E-state index contributed by atoms with van der Waals surface area (Å²) in [6.07, 6.45) is 6.63. The number of ether oxygens (including phenoxy) is 1. The maximum Gasteiger partial charge on any atom is 0.118 e. The van der Waals surface area contributed by atoms with Crippen LogP contribution in [0.15, 0.2) is 29.2 Å². The molecule has 0 radical (unpaired) electrons. The van der Waals surface area contributed by atoms with E-state index in [2.05, 4.69) is 36.5 Å². The Morgan fingerprint density at radius 2 is 1.95 bits per heavy atom. The quantitative estimate of drug-likeness (QED) is 0.847. The molecule has 1 aromatic rings. The molecule has 2 atom stereocenters. The molecule has 106 valence electrons. The van der Waals surface area contributed by atoms with E-state index in [1.807, 2.05) is 11.8 Å². The Morgan fingerprint density at radius 1 is 1.21 bits per heavy atom. The van der Waals surface area contributed by atoms with Crippen LogP contribution in [0.25, 0.3) is 0 Å². The second-order valence-corrected chi connectivity index (χ2v) is 6.49. The molecule has 0 aromatic heterocycles. The van der Waals surface area contributed by atoms with Crippen LogP contribution in [0.4, 0.5) is 0 Å². The van der Waals surface area contributed by atoms with E-state index >= 15 is 0 Å². The van der Waals surface area contributed by atoms with Gasteiger partial charge in [0.15, 0.2) is 0 Å². The van der Waals surface area contributed by atoms with Crippen molar-refractivity contribution in [3.8, 4) is 5.75 Å². The minimum atomic E-state index is 0.681. The molecule has 0 heterocycles. The number of rotatable bonds is 6. The number of benzene rings is 1. The highest BCUT2D eigenvalue weighted by Crippen LogP contribution is 2.34. The van der Waals surface area contributed by atoms with Crippen LogP contribution in [0.2, 0.25) is 0 Å². The van der Waals surface area contributed by atoms with Gasteiger partial charge in [0.05, 0.1) is 7.11 Å². The molecule has 0 bridgehead atoms. The van der Waals surface area contributed by atoms with Crippen LogP contribution in [0.3, 0.4) is 0 Å². The first-order valence-corrected chi connectivity index (χ1v) is 8.25. The number of thioether (sulfide) groups is 1. The highest BCUT2D eigenvalue weighted by atomic mass is 32.2. The van der Waals surface area contributed by atoms with Gasteiger partial charge in [-0.3, -0.25) is 0 Å². The summed E-state index contributed by atoms with van der Waals surface area (Å²) >= 11 is 2.02. The van der Waals surface area contributed by atoms with Crippen molar-refractivity contribution >= 4 is 11.8 Å². The molecule has 0 amide bonds. The molecule has 2 nitrogen and oxygen atoms in total. The minimum absolute atomic E-state index is 0.681. The minimum Gasteiger partial charge on any atom is -0.497 e. The fraction of sp³-hybridized carbons (Fsp3) is 0.625.